The van der Waals surface area contributed by atoms with Gasteiger partial charge in [0.15, 0.2) is 0 Å². The Kier molecular flexibility index (Phi) is 4.48. The van der Waals surface area contributed by atoms with Gasteiger partial charge in [-0.15, -0.1) is 0 Å². The third-order valence-corrected chi connectivity index (χ3v) is 4.01. The molecule has 1 aliphatic heterocycles. The number of aryl methyl sites for hydroxylation is 1. The van der Waals surface area contributed by atoms with Gasteiger partial charge >= 0.3 is 0 Å². The summed E-state index contributed by atoms with van der Waals surface area (Å²) in [4.78, 5) is 12.0. The van der Waals surface area contributed by atoms with Gasteiger partial charge in [0.25, 0.3) is 0 Å². The second kappa shape index (κ2) is 5.96. The third kappa shape index (κ3) is 3.83. The van der Waals surface area contributed by atoms with Crippen LogP contribution in [0.3, 0.4) is 0 Å². The van der Waals surface area contributed by atoms with Crippen LogP contribution in [0, 0.1) is 5.41 Å². The number of hydrogen-bond acceptors (Lipinski definition) is 3. The minimum Gasteiger partial charge on any atom is -0.493 e. The van der Waals surface area contributed by atoms with Crippen molar-refractivity contribution in [1.82, 2.24) is 0 Å². The van der Waals surface area contributed by atoms with Crippen LogP contribution in [0.1, 0.15) is 44.7 Å². The molecule has 2 N–H and O–H groups in total. The summed E-state index contributed by atoms with van der Waals surface area (Å²) in [6, 6.07) is 6.17. The second-order valence-corrected chi connectivity index (χ2v) is 6.76. The first kappa shape index (κ1) is 15.0. The van der Waals surface area contributed by atoms with Crippen molar-refractivity contribution in [3.8, 4) is 5.75 Å². The van der Waals surface area contributed by atoms with Gasteiger partial charge in [-0.1, -0.05) is 32.9 Å². The van der Waals surface area contributed by atoms with Crippen LogP contribution >= 0.6 is 0 Å². The van der Waals surface area contributed by atoms with Crippen LogP contribution in [0.4, 0.5) is 0 Å². The summed E-state index contributed by atoms with van der Waals surface area (Å²) in [5.74, 6) is 1.25. The summed E-state index contributed by atoms with van der Waals surface area (Å²) >= 11 is 0. The highest BCUT2D eigenvalue weighted by Crippen LogP contribution is 2.26. The highest BCUT2D eigenvalue weighted by atomic mass is 16.5. The summed E-state index contributed by atoms with van der Waals surface area (Å²) < 4.78 is 5.49. The molecule has 0 fully saturated rings. The summed E-state index contributed by atoms with van der Waals surface area (Å²) in [6.45, 7) is 7.00. The average Bonchev–Trinajstić information content (AvgIpc) is 2.82. The predicted molar refractivity (Wildman–Crippen MR) is 81.0 cm³/mol. The first-order chi connectivity index (χ1) is 9.36. The number of benzene rings is 1. The van der Waals surface area contributed by atoms with Crippen molar-refractivity contribution >= 4 is 5.78 Å². The molecule has 0 saturated heterocycles. The number of rotatable bonds is 5. The molecule has 0 bridgehead atoms. The van der Waals surface area contributed by atoms with Gasteiger partial charge in [0.05, 0.1) is 6.61 Å². The highest BCUT2D eigenvalue weighted by Gasteiger charge is 2.23. The minimum atomic E-state index is -0.0663. The van der Waals surface area contributed by atoms with Crippen LogP contribution in [-0.2, 0) is 17.6 Å². The Morgan fingerprint density at radius 3 is 2.85 bits per heavy atom. The number of hydrogen-bond donors (Lipinski definition) is 1. The van der Waals surface area contributed by atoms with E-state index in [1.54, 1.807) is 0 Å². The van der Waals surface area contributed by atoms with E-state index in [0.717, 1.165) is 25.2 Å². The molecule has 110 valence electrons. The molecule has 20 heavy (non-hydrogen) atoms. The van der Waals surface area contributed by atoms with E-state index in [9.17, 15) is 4.79 Å². The summed E-state index contributed by atoms with van der Waals surface area (Å²) in [5, 5.41) is 0. The van der Waals surface area contributed by atoms with Crippen molar-refractivity contribution < 1.29 is 9.53 Å². The fourth-order valence-corrected chi connectivity index (χ4v) is 2.33. The van der Waals surface area contributed by atoms with Gasteiger partial charge in [-0.2, -0.15) is 0 Å². The smallest absolute Gasteiger partial charge is 0.134 e. The fraction of sp³-hybridized carbons (Fsp3) is 0.588. The van der Waals surface area contributed by atoms with Crippen LogP contribution in [0.5, 0.6) is 5.75 Å². The molecule has 1 aliphatic rings. The van der Waals surface area contributed by atoms with Crippen LogP contribution < -0.4 is 10.5 Å². The van der Waals surface area contributed by atoms with Gasteiger partial charge in [-0.3, -0.25) is 4.79 Å². The van der Waals surface area contributed by atoms with E-state index in [0.29, 0.717) is 12.8 Å². The monoisotopic (exact) mass is 275 g/mol. The van der Waals surface area contributed by atoms with Gasteiger partial charge in [0.2, 0.25) is 0 Å². The van der Waals surface area contributed by atoms with Crippen molar-refractivity contribution in [2.75, 3.05) is 6.61 Å². The minimum absolute atomic E-state index is 0.0133. The van der Waals surface area contributed by atoms with Crippen LogP contribution in [0.15, 0.2) is 18.2 Å². The number of carbonyl (C=O) groups excluding carboxylic acids is 1. The molecule has 1 aromatic rings. The number of ether oxygens (including phenoxy) is 1. The van der Waals surface area contributed by atoms with Crippen LogP contribution in [0.25, 0.3) is 0 Å². The quantitative estimate of drug-likeness (QED) is 0.899. The number of Topliss-reactive ketones (excluding diaryl/α,β-unsaturated/α-hetero) is 1. The Bertz CT molecular complexity index is 488. The molecule has 0 saturated carbocycles. The number of fused-ring (bicyclic) bond motifs is 1. The van der Waals surface area contributed by atoms with E-state index in [1.165, 1.54) is 11.1 Å². The van der Waals surface area contributed by atoms with E-state index in [1.807, 2.05) is 6.07 Å². The highest BCUT2D eigenvalue weighted by molar-refractivity contribution is 5.79. The van der Waals surface area contributed by atoms with Gasteiger partial charge in [-0.05, 0) is 29.0 Å². The zero-order valence-electron chi connectivity index (χ0n) is 12.7. The lowest BCUT2D eigenvalue weighted by Crippen LogP contribution is -2.37. The van der Waals surface area contributed by atoms with Gasteiger partial charge in [-0.25, -0.2) is 0 Å². The largest absolute Gasteiger partial charge is 0.493 e. The van der Waals surface area contributed by atoms with E-state index in [4.69, 9.17) is 10.5 Å². The lowest BCUT2D eigenvalue weighted by molar-refractivity contribution is -0.119. The van der Waals surface area contributed by atoms with Crippen molar-refractivity contribution in [1.29, 1.82) is 0 Å². The molecule has 0 aromatic heterocycles. The zero-order valence-corrected chi connectivity index (χ0v) is 12.7. The molecule has 0 amide bonds. The molecule has 0 aliphatic carbocycles. The number of nitrogens with two attached hydrogens (primary N) is 1. The van der Waals surface area contributed by atoms with Crippen molar-refractivity contribution in [2.24, 2.45) is 11.1 Å². The molecule has 0 radical (unpaired) electrons. The maximum absolute atomic E-state index is 12.0. The third-order valence-electron chi connectivity index (χ3n) is 4.01. The maximum atomic E-state index is 12.0. The SMILES string of the molecule is CC(C)(C)C(N)CC(=O)CCc1ccc2c(c1)CCO2. The van der Waals surface area contributed by atoms with Gasteiger partial charge in [0, 0.05) is 25.3 Å². The van der Waals surface area contributed by atoms with Crippen LogP contribution in [0.2, 0.25) is 0 Å². The molecule has 3 nitrogen and oxygen atoms in total. The molecule has 2 rings (SSSR count). The Morgan fingerprint density at radius 2 is 2.15 bits per heavy atom. The van der Waals surface area contributed by atoms with Crippen molar-refractivity contribution in [3.63, 3.8) is 0 Å². The molecular formula is C17H25NO2. The normalized spacial score (nSPS) is 15.6. The Morgan fingerprint density at radius 1 is 1.40 bits per heavy atom. The Labute approximate surface area is 121 Å². The lowest BCUT2D eigenvalue weighted by Gasteiger charge is -2.26. The number of carbonyl (C=O) groups is 1. The molecule has 1 unspecified atom stereocenters. The zero-order chi connectivity index (χ0) is 14.8. The Balaban J connectivity index is 1.85. The molecule has 0 spiro atoms. The summed E-state index contributed by atoms with van der Waals surface area (Å²) in [6.07, 6.45) is 2.82. The Hall–Kier alpha value is -1.35. The van der Waals surface area contributed by atoms with E-state index in [-0.39, 0.29) is 17.2 Å². The molecule has 3 heteroatoms. The summed E-state index contributed by atoms with van der Waals surface area (Å²) in [5.41, 5.74) is 8.52. The first-order valence-electron chi connectivity index (χ1n) is 7.38. The predicted octanol–water partition coefficient (Wildman–Crippen LogP) is 2.89. The van der Waals surface area contributed by atoms with Crippen molar-refractivity contribution in [3.05, 3.63) is 29.3 Å². The molecule has 1 atom stereocenters. The topological polar surface area (TPSA) is 52.3 Å². The fourth-order valence-electron chi connectivity index (χ4n) is 2.33. The number of ketones is 1. The molecule has 1 heterocycles. The summed E-state index contributed by atoms with van der Waals surface area (Å²) in [7, 11) is 0. The molecule has 1 aromatic carbocycles. The van der Waals surface area contributed by atoms with E-state index >= 15 is 0 Å². The maximum Gasteiger partial charge on any atom is 0.134 e. The van der Waals surface area contributed by atoms with Crippen molar-refractivity contribution in [2.45, 2.75) is 52.5 Å². The lowest BCUT2D eigenvalue weighted by atomic mass is 9.84. The first-order valence-corrected chi connectivity index (χ1v) is 7.38. The standard InChI is InChI=1S/C17H25NO2/c1-17(2,3)16(18)11-14(19)6-4-12-5-7-15-13(10-12)8-9-20-15/h5,7,10,16H,4,6,8-9,11,18H2,1-3H3. The van der Waals surface area contributed by atoms with Gasteiger partial charge < -0.3 is 10.5 Å². The van der Waals surface area contributed by atoms with Crippen LogP contribution in [-0.4, -0.2) is 18.4 Å². The van der Waals surface area contributed by atoms with E-state index < -0.39 is 0 Å². The van der Waals surface area contributed by atoms with Gasteiger partial charge in [0.1, 0.15) is 11.5 Å². The molecular weight excluding hydrogens is 250 g/mol. The average molecular weight is 275 g/mol. The van der Waals surface area contributed by atoms with E-state index in [2.05, 4.69) is 32.9 Å². The second-order valence-electron chi connectivity index (χ2n) is 6.76.